The minimum absolute atomic E-state index is 0.0220. The predicted octanol–water partition coefficient (Wildman–Crippen LogP) is 1.82. The summed E-state index contributed by atoms with van der Waals surface area (Å²) < 4.78 is 26.5. The van der Waals surface area contributed by atoms with Crippen molar-refractivity contribution >= 4 is 33.1 Å². The van der Waals surface area contributed by atoms with E-state index in [1.165, 1.54) is 24.4 Å². The van der Waals surface area contributed by atoms with Gasteiger partial charge in [0.05, 0.1) is 4.90 Å². The van der Waals surface area contributed by atoms with Crippen LogP contribution in [0.5, 0.6) is 0 Å². The van der Waals surface area contributed by atoms with E-state index >= 15 is 0 Å². The lowest BCUT2D eigenvalue weighted by Gasteiger charge is -2.09. The van der Waals surface area contributed by atoms with Crippen LogP contribution in [0.25, 0.3) is 0 Å². The van der Waals surface area contributed by atoms with E-state index in [1.54, 1.807) is 13.0 Å². The van der Waals surface area contributed by atoms with Crippen molar-refractivity contribution in [1.29, 1.82) is 0 Å². The highest BCUT2D eigenvalue weighted by Crippen LogP contribution is 2.26. The highest BCUT2D eigenvalue weighted by Gasteiger charge is 2.17. The van der Waals surface area contributed by atoms with Crippen LogP contribution in [-0.4, -0.2) is 18.6 Å². The fourth-order valence-corrected chi connectivity index (χ4v) is 2.73. The summed E-state index contributed by atoms with van der Waals surface area (Å²) in [5, 5.41) is 7.52. The molecule has 0 fully saturated rings. The Morgan fingerprint density at radius 3 is 2.68 bits per heavy atom. The lowest BCUT2D eigenvalue weighted by molar-refractivity contribution is 0.601. The first-order chi connectivity index (χ1) is 8.90. The molecule has 3 N–H and O–H groups in total. The van der Waals surface area contributed by atoms with Crippen LogP contribution in [0.1, 0.15) is 5.56 Å². The number of nitrogens with zero attached hydrogens (tertiary/aromatic N) is 2. The number of hydrogen-bond donors (Lipinski definition) is 2. The molecule has 1 aromatic heterocycles. The number of halogens is 1. The molecule has 2 rings (SSSR count). The molecule has 0 saturated heterocycles. The molecule has 100 valence electrons. The number of aromatic nitrogens is 2. The summed E-state index contributed by atoms with van der Waals surface area (Å²) >= 11 is 5.93. The summed E-state index contributed by atoms with van der Waals surface area (Å²) in [6.45, 7) is 1.71. The van der Waals surface area contributed by atoms with Gasteiger partial charge in [-0.25, -0.2) is 8.42 Å². The van der Waals surface area contributed by atoms with E-state index in [0.29, 0.717) is 16.3 Å². The molecule has 1 aromatic carbocycles. The number of rotatable bonds is 3. The van der Waals surface area contributed by atoms with Crippen LogP contribution in [0.4, 0.5) is 11.5 Å². The van der Waals surface area contributed by atoms with E-state index in [9.17, 15) is 8.42 Å². The van der Waals surface area contributed by atoms with Crippen LogP contribution in [0, 0.1) is 6.92 Å². The zero-order valence-electron chi connectivity index (χ0n) is 9.96. The first-order valence-corrected chi connectivity index (χ1v) is 7.12. The molecule has 0 spiro atoms. The third-order valence-corrected chi connectivity index (χ3v) is 4.21. The van der Waals surface area contributed by atoms with E-state index in [2.05, 4.69) is 14.9 Å². The Morgan fingerprint density at radius 1 is 1.37 bits per heavy atom. The molecule has 0 radical (unpaired) electrons. The topological polar surface area (TPSA) is 98.0 Å². The fraction of sp³-hybridized carbons (Fsp3) is 0.0909. The Bertz CT molecular complexity index is 681. The number of nitrogens with two attached hydrogens (primary N) is 1. The van der Waals surface area contributed by atoms with Gasteiger partial charge in [-0.1, -0.05) is 11.6 Å². The van der Waals surface area contributed by atoms with Crippen LogP contribution in [0.2, 0.25) is 5.02 Å². The molecule has 0 unspecified atom stereocenters. The Kier molecular flexibility index (Phi) is 3.59. The van der Waals surface area contributed by atoms with Crippen molar-refractivity contribution in [1.82, 2.24) is 10.2 Å². The van der Waals surface area contributed by atoms with Gasteiger partial charge in [0.1, 0.15) is 0 Å². The van der Waals surface area contributed by atoms with Crippen molar-refractivity contribution < 1.29 is 8.42 Å². The van der Waals surface area contributed by atoms with E-state index in [0.717, 1.165) is 0 Å². The van der Waals surface area contributed by atoms with Crippen LogP contribution in [0.15, 0.2) is 35.4 Å². The van der Waals surface area contributed by atoms with Crippen LogP contribution >= 0.6 is 11.6 Å². The van der Waals surface area contributed by atoms with Gasteiger partial charge in [-0.15, -0.1) is 5.10 Å². The average Bonchev–Trinajstić information content (AvgIpc) is 2.36. The van der Waals surface area contributed by atoms with Gasteiger partial charge in [0.15, 0.2) is 5.82 Å². The summed E-state index contributed by atoms with van der Waals surface area (Å²) in [4.78, 5) is -0.0220. The molecule has 19 heavy (non-hydrogen) atoms. The quantitative estimate of drug-likeness (QED) is 0.842. The number of sulfonamides is 1. The van der Waals surface area contributed by atoms with E-state index in [-0.39, 0.29) is 10.7 Å². The number of hydrogen-bond acceptors (Lipinski definition) is 5. The smallest absolute Gasteiger partial charge is 0.263 e. The Morgan fingerprint density at radius 2 is 2.11 bits per heavy atom. The minimum Gasteiger partial charge on any atom is -0.398 e. The van der Waals surface area contributed by atoms with Gasteiger partial charge < -0.3 is 5.73 Å². The number of anilines is 2. The Balaban J connectivity index is 2.40. The van der Waals surface area contributed by atoms with E-state index in [4.69, 9.17) is 17.3 Å². The van der Waals surface area contributed by atoms with Crippen molar-refractivity contribution in [2.75, 3.05) is 10.5 Å². The maximum atomic E-state index is 12.1. The molecule has 0 aliphatic carbocycles. The number of nitrogens with one attached hydrogen (secondary N) is 1. The fourth-order valence-electron chi connectivity index (χ4n) is 1.38. The zero-order chi connectivity index (χ0) is 14.0. The number of benzene rings is 1. The molecule has 0 atom stereocenters. The first kappa shape index (κ1) is 13.6. The van der Waals surface area contributed by atoms with Gasteiger partial charge in [-0.2, -0.15) is 5.10 Å². The molecule has 8 heteroatoms. The first-order valence-electron chi connectivity index (χ1n) is 5.26. The molecular formula is C11H11ClN4O2S. The Hall–Kier alpha value is -1.86. The summed E-state index contributed by atoms with van der Waals surface area (Å²) in [7, 11) is -3.79. The molecule has 0 aliphatic rings. The van der Waals surface area contributed by atoms with Crippen LogP contribution < -0.4 is 10.5 Å². The van der Waals surface area contributed by atoms with Crippen molar-refractivity contribution in [3.05, 3.63) is 41.0 Å². The zero-order valence-corrected chi connectivity index (χ0v) is 11.5. The molecule has 2 aromatic rings. The third-order valence-electron chi connectivity index (χ3n) is 2.48. The largest absolute Gasteiger partial charge is 0.398 e. The average molecular weight is 299 g/mol. The molecule has 6 nitrogen and oxygen atoms in total. The van der Waals surface area contributed by atoms with Crippen molar-refractivity contribution in [3.63, 3.8) is 0 Å². The van der Waals surface area contributed by atoms with E-state index in [1.807, 2.05) is 0 Å². The molecule has 0 amide bonds. The second-order valence-corrected chi connectivity index (χ2v) is 5.92. The van der Waals surface area contributed by atoms with Gasteiger partial charge in [0.2, 0.25) is 0 Å². The normalized spacial score (nSPS) is 11.3. The predicted molar refractivity (Wildman–Crippen MR) is 73.4 cm³/mol. The van der Waals surface area contributed by atoms with Gasteiger partial charge in [0.25, 0.3) is 10.0 Å². The maximum Gasteiger partial charge on any atom is 0.263 e. The summed E-state index contributed by atoms with van der Waals surface area (Å²) in [5.74, 6) is 0.123. The molecule has 0 bridgehead atoms. The standard InChI is InChI=1S/C11H11ClN4O2S/c1-7-9(12)5-8(6-10(7)13)19(17,18)16-11-3-2-4-14-15-11/h2-6H,13H2,1H3,(H,15,16). The molecule has 0 saturated carbocycles. The monoisotopic (exact) mass is 298 g/mol. The maximum absolute atomic E-state index is 12.1. The molecule has 0 aliphatic heterocycles. The lowest BCUT2D eigenvalue weighted by atomic mass is 10.2. The number of nitrogen functional groups attached to an aromatic ring is 1. The summed E-state index contributed by atoms with van der Waals surface area (Å²) in [6, 6.07) is 5.75. The highest BCUT2D eigenvalue weighted by molar-refractivity contribution is 7.92. The SMILES string of the molecule is Cc1c(N)cc(S(=O)(=O)Nc2cccnn2)cc1Cl. The molecular weight excluding hydrogens is 288 g/mol. The van der Waals surface area contributed by atoms with Crippen molar-refractivity contribution in [2.45, 2.75) is 11.8 Å². The van der Waals surface area contributed by atoms with Crippen LogP contribution in [0.3, 0.4) is 0 Å². The van der Waals surface area contributed by atoms with E-state index < -0.39 is 10.0 Å². The van der Waals surface area contributed by atoms with Gasteiger partial charge >= 0.3 is 0 Å². The van der Waals surface area contributed by atoms with Crippen molar-refractivity contribution in [3.8, 4) is 0 Å². The second kappa shape index (κ2) is 5.02. The summed E-state index contributed by atoms with van der Waals surface area (Å²) in [6.07, 6.45) is 1.44. The minimum atomic E-state index is -3.79. The lowest BCUT2D eigenvalue weighted by Crippen LogP contribution is -2.14. The van der Waals surface area contributed by atoms with Gasteiger partial charge in [0, 0.05) is 16.9 Å². The highest BCUT2D eigenvalue weighted by atomic mass is 35.5. The molecule has 1 heterocycles. The third kappa shape index (κ3) is 2.94. The van der Waals surface area contributed by atoms with Gasteiger partial charge in [-0.3, -0.25) is 4.72 Å². The van der Waals surface area contributed by atoms with Crippen molar-refractivity contribution in [2.24, 2.45) is 0 Å². The summed E-state index contributed by atoms with van der Waals surface area (Å²) in [5.41, 5.74) is 6.66. The van der Waals surface area contributed by atoms with Gasteiger partial charge in [-0.05, 0) is 36.8 Å². The second-order valence-electron chi connectivity index (χ2n) is 3.83. The van der Waals surface area contributed by atoms with Crippen LogP contribution in [-0.2, 0) is 10.0 Å². The Labute approximate surface area is 115 Å².